The zero-order chi connectivity index (χ0) is 52.3. The predicted octanol–water partition coefficient (Wildman–Crippen LogP) is 9.35. The number of nitriles is 1. The summed E-state index contributed by atoms with van der Waals surface area (Å²) in [4.78, 5) is 73.6. The molecule has 73 heavy (non-hydrogen) atoms. The fourth-order valence-corrected chi connectivity index (χ4v) is 10.9. The number of hydrogen-bond donors (Lipinski definition) is 4. The Bertz CT molecular complexity index is 2570. The van der Waals surface area contributed by atoms with E-state index in [0.29, 0.717) is 48.9 Å². The minimum atomic E-state index is -2.78. The zero-order valence-corrected chi connectivity index (χ0v) is 43.8. The number of hydrogen-bond acceptors (Lipinski definition) is 12. The Morgan fingerprint density at radius 3 is 2.22 bits per heavy atom. The average molecular weight is 1020 g/mol. The number of carbonyl (C=O) groups excluding carboxylic acids is 4. The highest BCUT2D eigenvalue weighted by Crippen LogP contribution is 2.36. The number of thiazole rings is 1. The molecule has 3 aliphatic rings. The zero-order valence-electron chi connectivity index (χ0n) is 43.0. The van der Waals surface area contributed by atoms with E-state index in [1.807, 2.05) is 81.4 Å². The number of aromatic nitrogens is 3. The van der Waals surface area contributed by atoms with Crippen LogP contribution in [0.4, 0.5) is 26.2 Å². The van der Waals surface area contributed by atoms with Crippen molar-refractivity contribution in [2.45, 2.75) is 161 Å². The summed E-state index contributed by atoms with van der Waals surface area (Å²) in [7, 11) is 0. The number of nitrogens with zero attached hydrogens (tertiary/aromatic N) is 7. The maximum atomic E-state index is 14.2. The summed E-state index contributed by atoms with van der Waals surface area (Å²) in [5.41, 5.74) is 5.52. The van der Waals surface area contributed by atoms with Crippen molar-refractivity contribution >= 4 is 52.4 Å². The van der Waals surface area contributed by atoms with E-state index in [9.17, 15) is 38.3 Å². The molecule has 3 aromatic heterocycles. The molecule has 392 valence electrons. The summed E-state index contributed by atoms with van der Waals surface area (Å²) >= 11 is 1.58. The molecule has 0 spiro atoms. The molecule has 3 fully saturated rings. The second kappa shape index (κ2) is 24.8. The molecule has 3 saturated heterocycles. The maximum Gasteiger partial charge on any atom is 0.266 e. The van der Waals surface area contributed by atoms with E-state index in [1.165, 1.54) is 11.1 Å². The third-order valence-electron chi connectivity index (χ3n) is 14.4. The summed E-state index contributed by atoms with van der Waals surface area (Å²) < 4.78 is 28.5. The number of aliphatic hydroxyl groups excluding tert-OH is 1. The minimum Gasteiger partial charge on any atom is -0.391 e. The van der Waals surface area contributed by atoms with Crippen LogP contribution < -0.4 is 20.9 Å². The molecule has 6 heterocycles. The molecule has 1 aromatic carbocycles. The molecule has 4 aromatic rings. The number of amides is 4. The Hall–Kier alpha value is -6.06. The van der Waals surface area contributed by atoms with Crippen LogP contribution in [-0.4, -0.2) is 110 Å². The Kier molecular flexibility index (Phi) is 18.6. The van der Waals surface area contributed by atoms with Gasteiger partial charge in [-0.05, 0) is 91.8 Å². The van der Waals surface area contributed by atoms with Gasteiger partial charge in [0.05, 0.1) is 46.4 Å². The van der Waals surface area contributed by atoms with Crippen molar-refractivity contribution in [3.8, 4) is 16.5 Å². The van der Waals surface area contributed by atoms with Crippen LogP contribution in [0, 0.1) is 23.7 Å². The van der Waals surface area contributed by atoms with E-state index in [1.54, 1.807) is 28.4 Å². The molecule has 7 rings (SSSR count). The van der Waals surface area contributed by atoms with Gasteiger partial charge in [-0.25, -0.2) is 23.7 Å². The lowest BCUT2D eigenvalue weighted by molar-refractivity contribution is -0.144. The second-order valence-corrected chi connectivity index (χ2v) is 22.1. The van der Waals surface area contributed by atoms with Gasteiger partial charge in [-0.1, -0.05) is 83.6 Å². The van der Waals surface area contributed by atoms with Crippen molar-refractivity contribution in [3.63, 3.8) is 0 Å². The summed E-state index contributed by atoms with van der Waals surface area (Å²) in [5.74, 6) is -2.05. The summed E-state index contributed by atoms with van der Waals surface area (Å²) in [6, 6.07) is 15.0. The normalized spacial score (nSPS) is 18.8. The average Bonchev–Trinajstić information content (AvgIpc) is 4.10. The number of halogens is 2. The number of aryl methyl sites for hydroxylation is 1. The molecule has 0 bridgehead atoms. The van der Waals surface area contributed by atoms with Crippen LogP contribution >= 0.6 is 11.3 Å². The van der Waals surface area contributed by atoms with Crippen LogP contribution in [0.5, 0.6) is 0 Å². The van der Waals surface area contributed by atoms with E-state index in [4.69, 9.17) is 0 Å². The van der Waals surface area contributed by atoms with Crippen molar-refractivity contribution in [3.05, 3.63) is 82.6 Å². The van der Waals surface area contributed by atoms with Crippen molar-refractivity contribution in [2.24, 2.45) is 5.41 Å². The molecule has 4 amide bonds. The summed E-state index contributed by atoms with van der Waals surface area (Å²) in [6.07, 6.45) is 10.3. The Morgan fingerprint density at radius 1 is 0.904 bits per heavy atom. The van der Waals surface area contributed by atoms with Crippen LogP contribution in [0.15, 0.2) is 60.2 Å². The van der Waals surface area contributed by atoms with Crippen molar-refractivity contribution in [1.82, 2.24) is 35.4 Å². The SMILES string of the molecule is Cc1ncsc1-c1ccc([C@H](C)NC(=O)[C@@H]2C[C@@H](O)CN2C(=O)[C@@H](NC(=O)CCCCCCCCCCC(=O)N2CCC(c3cc(Nc4cc(C#N)ccn4)nc(N4CCC(F)(F)C4)c3)CC2)C(C)(C)C)cc1. The van der Waals surface area contributed by atoms with E-state index in [2.05, 4.69) is 37.0 Å². The van der Waals surface area contributed by atoms with Gasteiger partial charge < -0.3 is 35.8 Å². The number of carbonyl (C=O) groups is 4. The molecular formula is C55H72F2N10O5S. The number of likely N-dealkylation sites (tertiary alicyclic amines) is 2. The summed E-state index contributed by atoms with van der Waals surface area (Å²) in [5, 5.41) is 29.2. The number of rotatable bonds is 21. The van der Waals surface area contributed by atoms with Gasteiger partial charge in [-0.15, -0.1) is 11.3 Å². The third kappa shape index (κ3) is 15.0. The van der Waals surface area contributed by atoms with Crippen LogP contribution in [0.2, 0.25) is 0 Å². The number of pyridine rings is 2. The van der Waals surface area contributed by atoms with E-state index >= 15 is 0 Å². The fraction of sp³-hybridized carbons (Fsp3) is 0.564. The molecule has 0 aliphatic carbocycles. The Labute approximate surface area is 432 Å². The smallest absolute Gasteiger partial charge is 0.266 e. The highest BCUT2D eigenvalue weighted by molar-refractivity contribution is 7.13. The fourth-order valence-electron chi connectivity index (χ4n) is 10.1. The number of β-amino-alcohol motifs (C(OH)–C–C–N with tert-alkyl or cyclic N) is 1. The Morgan fingerprint density at radius 2 is 1.59 bits per heavy atom. The molecule has 3 aliphatic heterocycles. The lowest BCUT2D eigenvalue weighted by Crippen LogP contribution is -2.57. The number of nitrogens with one attached hydrogen (secondary N) is 3. The van der Waals surface area contributed by atoms with Gasteiger partial charge >= 0.3 is 0 Å². The predicted molar refractivity (Wildman–Crippen MR) is 279 cm³/mol. The lowest BCUT2D eigenvalue weighted by Gasteiger charge is -2.35. The van der Waals surface area contributed by atoms with E-state index in [0.717, 1.165) is 85.0 Å². The van der Waals surface area contributed by atoms with E-state index in [-0.39, 0.29) is 67.9 Å². The third-order valence-corrected chi connectivity index (χ3v) is 15.4. The first kappa shape index (κ1) is 54.7. The number of piperidine rings is 1. The molecular weight excluding hydrogens is 951 g/mol. The Balaban J connectivity index is 0.779. The minimum absolute atomic E-state index is 0.0129. The van der Waals surface area contributed by atoms with Gasteiger partial charge in [0.25, 0.3) is 5.92 Å². The van der Waals surface area contributed by atoms with Gasteiger partial charge in [0, 0.05) is 58.1 Å². The molecule has 0 unspecified atom stereocenters. The maximum absolute atomic E-state index is 14.2. The van der Waals surface area contributed by atoms with Crippen LogP contribution in [0.1, 0.15) is 152 Å². The van der Waals surface area contributed by atoms with Crippen molar-refractivity contribution < 1.29 is 33.1 Å². The monoisotopic (exact) mass is 1020 g/mol. The lowest BCUT2D eigenvalue weighted by atomic mass is 9.85. The number of unbranched alkanes of at least 4 members (excludes halogenated alkanes) is 7. The molecule has 0 saturated carbocycles. The van der Waals surface area contributed by atoms with Crippen LogP contribution in [0.25, 0.3) is 10.4 Å². The largest absolute Gasteiger partial charge is 0.391 e. The molecule has 0 radical (unpaired) electrons. The second-order valence-electron chi connectivity index (χ2n) is 21.2. The van der Waals surface area contributed by atoms with Crippen molar-refractivity contribution in [1.29, 1.82) is 5.26 Å². The molecule has 15 nitrogen and oxygen atoms in total. The topological polar surface area (TPSA) is 197 Å². The first-order chi connectivity index (χ1) is 34.9. The van der Waals surface area contributed by atoms with Crippen LogP contribution in [-0.2, 0) is 19.2 Å². The number of benzene rings is 1. The van der Waals surface area contributed by atoms with Gasteiger partial charge in [0.1, 0.15) is 29.5 Å². The van der Waals surface area contributed by atoms with Gasteiger partial charge in [-0.3, -0.25) is 19.2 Å². The number of aliphatic hydroxyl groups is 1. The van der Waals surface area contributed by atoms with Crippen LogP contribution in [0.3, 0.4) is 0 Å². The van der Waals surface area contributed by atoms with Gasteiger partial charge in [-0.2, -0.15) is 5.26 Å². The first-order valence-electron chi connectivity index (χ1n) is 26.0. The number of alkyl halides is 2. The molecule has 4 atom stereocenters. The first-order valence-corrected chi connectivity index (χ1v) is 26.9. The van der Waals surface area contributed by atoms with E-state index < -0.39 is 36.1 Å². The highest BCUT2D eigenvalue weighted by Gasteiger charge is 2.45. The highest BCUT2D eigenvalue weighted by atomic mass is 32.1. The van der Waals surface area contributed by atoms with Crippen molar-refractivity contribution in [2.75, 3.05) is 42.9 Å². The quantitative estimate of drug-likeness (QED) is 0.0581. The van der Waals surface area contributed by atoms with Gasteiger partial charge in [0.15, 0.2) is 0 Å². The van der Waals surface area contributed by atoms with Gasteiger partial charge in [0.2, 0.25) is 23.6 Å². The molecule has 18 heteroatoms. The molecule has 4 N–H and O–H groups in total. The number of anilines is 3. The summed E-state index contributed by atoms with van der Waals surface area (Å²) in [6.45, 7) is 10.6. The standard InChI is InChI=1S/C55H72F2N10O5S/c1-36(39-16-18-41(19-17-39)50-37(2)60-35-73-50)61-52(71)44-31-43(68)33-67(44)53(72)51(54(3,4)5)64-48(69)14-12-10-8-6-7-9-11-13-15-49(70)65-25-21-40(22-26-65)42-29-46(62-45-28-38(32-58)20-24-59-45)63-47(30-42)66-27-23-55(56,57)34-66/h16-20,24,28-30,35-36,40,43-44,51,68H,6-15,21-23,25-27,31,33-34H2,1-5H3,(H,61,71)(H,64,69)(H,59,62,63)/t36-,43+,44-,51+/m0/s1.